The van der Waals surface area contributed by atoms with Gasteiger partial charge in [-0.2, -0.15) is 0 Å². The summed E-state index contributed by atoms with van der Waals surface area (Å²) in [5.74, 6) is 0.487. The maximum Gasteiger partial charge on any atom is 0.270 e. The van der Waals surface area contributed by atoms with E-state index in [9.17, 15) is 14.4 Å². The standard InChI is InChI=1S/C24H30N4O4/c1-32-20-10-8-18(9-11-20)23(30)26-13-15-27(16-14-26)24(31)21-7-4-12-28(21)17-22(29)25-19-5-2-3-6-19/h4,7-12,19H,2-3,5-6,13-17H2,1H3,(H,25,29). The molecule has 1 N–H and O–H groups in total. The largest absolute Gasteiger partial charge is 0.497 e. The Hall–Kier alpha value is -3.29. The molecule has 2 aliphatic rings. The lowest BCUT2D eigenvalue weighted by molar-refractivity contribution is -0.122. The predicted molar refractivity (Wildman–Crippen MR) is 120 cm³/mol. The fourth-order valence-electron chi connectivity index (χ4n) is 4.44. The Morgan fingerprint density at radius 3 is 2.19 bits per heavy atom. The van der Waals surface area contributed by atoms with Crippen molar-refractivity contribution in [1.82, 2.24) is 19.7 Å². The van der Waals surface area contributed by atoms with Crippen molar-refractivity contribution in [2.24, 2.45) is 0 Å². The van der Waals surface area contributed by atoms with Crippen LogP contribution in [-0.2, 0) is 11.3 Å². The van der Waals surface area contributed by atoms with E-state index < -0.39 is 0 Å². The van der Waals surface area contributed by atoms with Crippen LogP contribution in [0, 0.1) is 0 Å². The molecule has 32 heavy (non-hydrogen) atoms. The second kappa shape index (κ2) is 9.89. The lowest BCUT2D eigenvalue weighted by Gasteiger charge is -2.35. The van der Waals surface area contributed by atoms with Crippen LogP contribution in [0.3, 0.4) is 0 Å². The van der Waals surface area contributed by atoms with Crippen LogP contribution in [0.1, 0.15) is 46.5 Å². The van der Waals surface area contributed by atoms with Gasteiger partial charge in [0.15, 0.2) is 0 Å². The van der Waals surface area contributed by atoms with Crippen LogP contribution in [0.15, 0.2) is 42.6 Å². The van der Waals surface area contributed by atoms with Crippen molar-refractivity contribution < 1.29 is 19.1 Å². The van der Waals surface area contributed by atoms with Gasteiger partial charge in [0, 0.05) is 44.0 Å². The molecular formula is C24H30N4O4. The Kier molecular flexibility index (Phi) is 6.78. The van der Waals surface area contributed by atoms with Crippen molar-refractivity contribution >= 4 is 17.7 Å². The molecule has 1 aromatic carbocycles. The summed E-state index contributed by atoms with van der Waals surface area (Å²) in [6.07, 6.45) is 6.15. The van der Waals surface area contributed by atoms with Crippen LogP contribution >= 0.6 is 0 Å². The van der Waals surface area contributed by atoms with Gasteiger partial charge in [0.05, 0.1) is 7.11 Å². The highest BCUT2D eigenvalue weighted by Crippen LogP contribution is 2.18. The molecule has 8 nitrogen and oxygen atoms in total. The Morgan fingerprint density at radius 2 is 1.56 bits per heavy atom. The third-order valence-electron chi connectivity index (χ3n) is 6.27. The van der Waals surface area contributed by atoms with Crippen molar-refractivity contribution in [2.75, 3.05) is 33.3 Å². The van der Waals surface area contributed by atoms with Crippen LogP contribution in [0.4, 0.5) is 0 Å². The Balaban J connectivity index is 1.32. The monoisotopic (exact) mass is 438 g/mol. The molecule has 0 radical (unpaired) electrons. The lowest BCUT2D eigenvalue weighted by atomic mass is 10.1. The zero-order chi connectivity index (χ0) is 22.5. The highest BCUT2D eigenvalue weighted by molar-refractivity contribution is 5.95. The average molecular weight is 439 g/mol. The van der Waals surface area contributed by atoms with Crippen molar-refractivity contribution in [3.05, 3.63) is 53.9 Å². The maximum atomic E-state index is 13.1. The van der Waals surface area contributed by atoms with Crippen molar-refractivity contribution in [3.63, 3.8) is 0 Å². The van der Waals surface area contributed by atoms with Gasteiger partial charge in [0.1, 0.15) is 18.0 Å². The average Bonchev–Trinajstić information content (AvgIpc) is 3.50. The SMILES string of the molecule is COc1ccc(C(=O)N2CCN(C(=O)c3cccn3CC(=O)NC3CCCC3)CC2)cc1. The minimum atomic E-state index is -0.111. The van der Waals surface area contributed by atoms with E-state index >= 15 is 0 Å². The van der Waals surface area contributed by atoms with E-state index in [0.29, 0.717) is 43.2 Å². The molecule has 0 bridgehead atoms. The van der Waals surface area contributed by atoms with Crippen LogP contribution in [-0.4, -0.2) is 71.4 Å². The second-order valence-electron chi connectivity index (χ2n) is 8.38. The van der Waals surface area contributed by atoms with Crippen molar-refractivity contribution in [3.8, 4) is 5.75 Å². The lowest BCUT2D eigenvalue weighted by Crippen LogP contribution is -2.51. The zero-order valence-electron chi connectivity index (χ0n) is 18.5. The molecule has 1 aromatic heterocycles. The number of piperazine rings is 1. The van der Waals surface area contributed by atoms with Crippen LogP contribution in [0.5, 0.6) is 5.75 Å². The van der Waals surface area contributed by atoms with Gasteiger partial charge < -0.3 is 24.4 Å². The smallest absolute Gasteiger partial charge is 0.270 e. The Labute approximate surface area is 188 Å². The van der Waals surface area contributed by atoms with Crippen LogP contribution in [0.25, 0.3) is 0 Å². The fraction of sp³-hybridized carbons (Fsp3) is 0.458. The molecule has 0 atom stereocenters. The molecule has 3 amide bonds. The highest BCUT2D eigenvalue weighted by atomic mass is 16.5. The quantitative estimate of drug-likeness (QED) is 0.749. The number of amides is 3. The third-order valence-corrected chi connectivity index (χ3v) is 6.27. The number of ether oxygens (including phenoxy) is 1. The van der Waals surface area contributed by atoms with Crippen molar-refractivity contribution in [1.29, 1.82) is 0 Å². The summed E-state index contributed by atoms with van der Waals surface area (Å²) in [4.78, 5) is 41.7. The summed E-state index contributed by atoms with van der Waals surface area (Å²) < 4.78 is 6.85. The van der Waals surface area contributed by atoms with Gasteiger partial charge in [-0.1, -0.05) is 12.8 Å². The molecule has 1 aliphatic carbocycles. The van der Waals surface area contributed by atoms with E-state index in [1.165, 1.54) is 0 Å². The van der Waals surface area contributed by atoms with E-state index in [1.807, 2.05) is 0 Å². The zero-order valence-corrected chi connectivity index (χ0v) is 18.5. The van der Waals surface area contributed by atoms with Crippen LogP contribution < -0.4 is 10.1 Å². The van der Waals surface area contributed by atoms with Gasteiger partial charge in [-0.05, 0) is 49.2 Å². The molecule has 1 aliphatic heterocycles. The first-order valence-corrected chi connectivity index (χ1v) is 11.2. The molecular weight excluding hydrogens is 408 g/mol. The second-order valence-corrected chi connectivity index (χ2v) is 8.38. The first-order chi connectivity index (χ1) is 15.5. The summed E-state index contributed by atoms with van der Waals surface area (Å²) in [6.45, 7) is 2.00. The molecule has 1 saturated carbocycles. The highest BCUT2D eigenvalue weighted by Gasteiger charge is 2.27. The molecule has 2 fully saturated rings. The topological polar surface area (TPSA) is 83.9 Å². The Morgan fingerprint density at radius 1 is 0.938 bits per heavy atom. The van der Waals surface area contributed by atoms with Crippen molar-refractivity contribution in [2.45, 2.75) is 38.3 Å². The predicted octanol–water partition coefficient (Wildman–Crippen LogP) is 2.15. The summed E-state index contributed by atoms with van der Waals surface area (Å²) in [6, 6.07) is 10.8. The maximum absolute atomic E-state index is 13.1. The van der Waals surface area contributed by atoms with E-state index in [2.05, 4.69) is 5.32 Å². The van der Waals surface area contributed by atoms with E-state index in [0.717, 1.165) is 25.7 Å². The van der Waals surface area contributed by atoms with Gasteiger partial charge in [0.2, 0.25) is 5.91 Å². The number of aromatic nitrogens is 1. The minimum Gasteiger partial charge on any atom is -0.497 e. The van der Waals surface area contributed by atoms with Gasteiger partial charge in [-0.3, -0.25) is 14.4 Å². The summed E-state index contributed by atoms with van der Waals surface area (Å²) in [5.41, 5.74) is 1.11. The summed E-state index contributed by atoms with van der Waals surface area (Å²) in [5, 5.41) is 3.07. The molecule has 4 rings (SSSR count). The number of carbonyl (C=O) groups is 3. The van der Waals surface area contributed by atoms with Crippen LogP contribution in [0.2, 0.25) is 0 Å². The number of hydrogen-bond donors (Lipinski definition) is 1. The number of rotatable bonds is 6. The molecule has 170 valence electrons. The normalized spacial score (nSPS) is 16.8. The van der Waals surface area contributed by atoms with E-state index in [-0.39, 0.29) is 30.3 Å². The fourth-order valence-corrected chi connectivity index (χ4v) is 4.44. The molecule has 0 spiro atoms. The van der Waals surface area contributed by atoms with Gasteiger partial charge in [0.25, 0.3) is 11.8 Å². The van der Waals surface area contributed by atoms with Gasteiger partial charge in [-0.25, -0.2) is 0 Å². The van der Waals surface area contributed by atoms with E-state index in [1.54, 1.807) is 64.1 Å². The Bertz CT molecular complexity index is 955. The number of nitrogens with zero attached hydrogens (tertiary/aromatic N) is 3. The number of methoxy groups -OCH3 is 1. The van der Waals surface area contributed by atoms with Gasteiger partial charge in [-0.15, -0.1) is 0 Å². The summed E-state index contributed by atoms with van der Waals surface area (Å²) >= 11 is 0. The number of benzene rings is 1. The molecule has 0 unspecified atom stereocenters. The van der Waals surface area contributed by atoms with E-state index in [4.69, 9.17) is 4.74 Å². The molecule has 1 saturated heterocycles. The molecule has 8 heteroatoms. The minimum absolute atomic E-state index is 0.0493. The number of nitrogens with one attached hydrogen (secondary N) is 1. The summed E-state index contributed by atoms with van der Waals surface area (Å²) in [7, 11) is 1.59. The number of carbonyl (C=O) groups excluding carboxylic acids is 3. The first kappa shape index (κ1) is 21.9. The number of hydrogen-bond acceptors (Lipinski definition) is 4. The third kappa shape index (κ3) is 4.95. The first-order valence-electron chi connectivity index (χ1n) is 11.2. The van der Waals surface area contributed by atoms with Gasteiger partial charge >= 0.3 is 0 Å². The molecule has 2 aromatic rings. The molecule has 2 heterocycles.